The second kappa shape index (κ2) is 7.56. The minimum atomic E-state index is -0.110. The third-order valence-electron chi connectivity index (χ3n) is 4.99. The number of amides is 1. The molecule has 144 valence electrons. The molecule has 1 aliphatic rings. The number of carbonyl (C=O) groups is 1. The summed E-state index contributed by atoms with van der Waals surface area (Å²) in [6, 6.07) is 13.8. The van der Waals surface area contributed by atoms with Gasteiger partial charge in [0.05, 0.1) is 27.0 Å². The summed E-state index contributed by atoms with van der Waals surface area (Å²) < 4.78 is 16.5. The van der Waals surface area contributed by atoms with Gasteiger partial charge in [-0.3, -0.25) is 4.79 Å². The van der Waals surface area contributed by atoms with Crippen molar-refractivity contribution in [1.29, 1.82) is 0 Å². The van der Waals surface area contributed by atoms with Crippen LogP contribution in [0.1, 0.15) is 22.8 Å². The van der Waals surface area contributed by atoms with Crippen LogP contribution in [0.5, 0.6) is 17.2 Å². The predicted octanol–water partition coefficient (Wildman–Crippen LogP) is 4.92. The van der Waals surface area contributed by atoms with Gasteiger partial charge < -0.3 is 19.5 Å². The lowest BCUT2D eigenvalue weighted by Crippen LogP contribution is -2.22. The van der Waals surface area contributed by atoms with E-state index in [0.717, 1.165) is 27.3 Å². The maximum absolute atomic E-state index is 12.6. The largest absolute Gasteiger partial charge is 0.496 e. The number of nitrogens with one attached hydrogen (secondary N) is 1. The van der Waals surface area contributed by atoms with Crippen molar-refractivity contribution in [3.63, 3.8) is 0 Å². The van der Waals surface area contributed by atoms with Gasteiger partial charge in [0.2, 0.25) is 5.91 Å². The Bertz CT molecular complexity index is 1010. The molecule has 4 rings (SSSR count). The van der Waals surface area contributed by atoms with Gasteiger partial charge in [0.25, 0.3) is 0 Å². The van der Waals surface area contributed by atoms with Crippen molar-refractivity contribution in [2.45, 2.75) is 12.3 Å². The smallest absolute Gasteiger partial charge is 0.225 e. The minimum Gasteiger partial charge on any atom is -0.496 e. The summed E-state index contributed by atoms with van der Waals surface area (Å²) in [6.07, 6.45) is 0.355. The Morgan fingerprint density at radius 2 is 1.64 bits per heavy atom. The lowest BCUT2D eigenvalue weighted by molar-refractivity contribution is -0.116. The lowest BCUT2D eigenvalue weighted by Gasteiger charge is -2.26. The first kappa shape index (κ1) is 18.4. The zero-order valence-electron chi connectivity index (χ0n) is 15.9. The van der Waals surface area contributed by atoms with Crippen molar-refractivity contribution in [2.75, 3.05) is 26.6 Å². The van der Waals surface area contributed by atoms with Gasteiger partial charge in [-0.25, -0.2) is 0 Å². The highest BCUT2D eigenvalue weighted by Gasteiger charge is 2.33. The van der Waals surface area contributed by atoms with E-state index in [4.69, 9.17) is 14.2 Å². The van der Waals surface area contributed by atoms with Crippen molar-refractivity contribution in [3.05, 3.63) is 58.3 Å². The molecule has 0 aliphatic carbocycles. The van der Waals surface area contributed by atoms with Gasteiger partial charge in [-0.05, 0) is 11.6 Å². The van der Waals surface area contributed by atoms with Crippen LogP contribution < -0.4 is 19.5 Å². The summed E-state index contributed by atoms with van der Waals surface area (Å²) in [4.78, 5) is 13.7. The fourth-order valence-electron chi connectivity index (χ4n) is 3.63. The summed E-state index contributed by atoms with van der Waals surface area (Å²) in [5.74, 6) is 1.77. The number of carbonyl (C=O) groups excluding carboxylic acids is 1. The third kappa shape index (κ3) is 3.10. The average Bonchev–Trinajstić information content (AvgIpc) is 3.16. The van der Waals surface area contributed by atoms with E-state index < -0.39 is 0 Å². The number of benzene rings is 2. The van der Waals surface area contributed by atoms with Crippen LogP contribution in [-0.2, 0) is 4.79 Å². The first-order valence-corrected chi connectivity index (χ1v) is 9.80. The van der Waals surface area contributed by atoms with Gasteiger partial charge in [0.1, 0.15) is 5.75 Å². The Morgan fingerprint density at radius 1 is 0.964 bits per heavy atom. The summed E-state index contributed by atoms with van der Waals surface area (Å²) in [6.45, 7) is 0. The van der Waals surface area contributed by atoms with Gasteiger partial charge in [0.15, 0.2) is 11.5 Å². The van der Waals surface area contributed by atoms with E-state index in [1.54, 1.807) is 32.7 Å². The highest BCUT2D eigenvalue weighted by Crippen LogP contribution is 2.50. The average molecular weight is 395 g/mol. The number of ether oxygens (including phenoxy) is 3. The topological polar surface area (TPSA) is 56.8 Å². The molecule has 28 heavy (non-hydrogen) atoms. The summed E-state index contributed by atoms with van der Waals surface area (Å²) in [7, 11) is 4.82. The molecule has 0 saturated heterocycles. The number of methoxy groups -OCH3 is 3. The van der Waals surface area contributed by atoms with E-state index in [1.807, 2.05) is 30.3 Å². The van der Waals surface area contributed by atoms with E-state index in [2.05, 4.69) is 22.8 Å². The molecular weight excluding hydrogens is 374 g/mol. The van der Waals surface area contributed by atoms with Gasteiger partial charge in [0, 0.05) is 39.8 Å². The molecule has 1 aliphatic heterocycles. The van der Waals surface area contributed by atoms with Gasteiger partial charge in [-0.2, -0.15) is 0 Å². The van der Waals surface area contributed by atoms with Gasteiger partial charge in [-0.1, -0.05) is 30.3 Å². The van der Waals surface area contributed by atoms with E-state index in [-0.39, 0.29) is 11.8 Å². The third-order valence-corrected chi connectivity index (χ3v) is 6.08. The second-order valence-corrected chi connectivity index (χ2v) is 7.42. The number of anilines is 1. The van der Waals surface area contributed by atoms with Crippen LogP contribution in [0.15, 0.2) is 47.8 Å². The van der Waals surface area contributed by atoms with Crippen LogP contribution in [0.25, 0.3) is 11.1 Å². The number of rotatable bonds is 5. The maximum atomic E-state index is 12.6. The van der Waals surface area contributed by atoms with Crippen LogP contribution in [0.3, 0.4) is 0 Å². The highest BCUT2D eigenvalue weighted by atomic mass is 32.1. The molecule has 0 bridgehead atoms. The normalized spacial score (nSPS) is 15.5. The highest BCUT2D eigenvalue weighted by molar-refractivity contribution is 7.11. The van der Waals surface area contributed by atoms with Crippen molar-refractivity contribution in [2.24, 2.45) is 0 Å². The van der Waals surface area contributed by atoms with Crippen molar-refractivity contribution >= 4 is 22.9 Å². The molecule has 0 radical (unpaired) electrons. The fourth-order valence-corrected chi connectivity index (χ4v) is 4.79. The zero-order chi connectivity index (χ0) is 19.7. The summed E-state index contributed by atoms with van der Waals surface area (Å²) in [5, 5.41) is 5.17. The molecule has 2 heterocycles. The van der Waals surface area contributed by atoms with Crippen LogP contribution in [-0.4, -0.2) is 27.2 Å². The van der Waals surface area contributed by atoms with Crippen molar-refractivity contribution in [1.82, 2.24) is 0 Å². The molecule has 1 amide bonds. The Balaban J connectivity index is 1.86. The van der Waals surface area contributed by atoms with E-state index in [1.165, 1.54) is 0 Å². The van der Waals surface area contributed by atoms with Crippen LogP contribution in [0.4, 0.5) is 5.69 Å². The lowest BCUT2D eigenvalue weighted by atomic mass is 9.88. The molecule has 0 fully saturated rings. The standard InChI is InChI=1S/C22H21NO4S/c1-25-17-11-19(27-3)18(26-2)9-14(17)15-10-20(24)23-21-16(12-28-22(15)21)13-7-5-4-6-8-13/h4-9,11-12,15H,10H2,1-3H3,(H,23,24)/t15-/m1/s1. The summed E-state index contributed by atoms with van der Waals surface area (Å²) >= 11 is 1.65. The first-order chi connectivity index (χ1) is 13.7. The number of hydrogen-bond acceptors (Lipinski definition) is 5. The Labute approximate surface area is 167 Å². The molecular formula is C22H21NO4S. The van der Waals surface area contributed by atoms with E-state index >= 15 is 0 Å². The van der Waals surface area contributed by atoms with Crippen molar-refractivity contribution < 1.29 is 19.0 Å². The number of hydrogen-bond donors (Lipinski definition) is 1. The molecule has 1 aromatic heterocycles. The predicted molar refractivity (Wildman–Crippen MR) is 111 cm³/mol. The minimum absolute atomic E-state index is 0.00933. The molecule has 1 atom stereocenters. The molecule has 0 unspecified atom stereocenters. The van der Waals surface area contributed by atoms with Crippen LogP contribution in [0.2, 0.25) is 0 Å². The molecule has 1 N–H and O–H groups in total. The van der Waals surface area contributed by atoms with Crippen LogP contribution in [0, 0.1) is 0 Å². The van der Waals surface area contributed by atoms with Crippen molar-refractivity contribution in [3.8, 4) is 28.4 Å². The Hall–Kier alpha value is -2.99. The second-order valence-electron chi connectivity index (χ2n) is 6.51. The maximum Gasteiger partial charge on any atom is 0.225 e. The molecule has 5 nitrogen and oxygen atoms in total. The first-order valence-electron chi connectivity index (χ1n) is 8.92. The van der Waals surface area contributed by atoms with Crippen LogP contribution >= 0.6 is 11.3 Å². The molecule has 3 aromatic rings. The quantitative estimate of drug-likeness (QED) is 0.667. The fraction of sp³-hybridized carbons (Fsp3) is 0.227. The Morgan fingerprint density at radius 3 is 2.32 bits per heavy atom. The molecule has 6 heteroatoms. The molecule has 0 saturated carbocycles. The number of thiophene rings is 1. The van der Waals surface area contributed by atoms with E-state index in [0.29, 0.717) is 23.7 Å². The van der Waals surface area contributed by atoms with E-state index in [9.17, 15) is 4.79 Å². The SMILES string of the molecule is COc1cc(OC)c([C@H]2CC(=O)Nc3c(-c4ccccc4)csc32)cc1OC. The van der Waals surface area contributed by atoms with Gasteiger partial charge in [-0.15, -0.1) is 11.3 Å². The Kier molecular flexibility index (Phi) is 4.96. The van der Waals surface area contributed by atoms with Gasteiger partial charge >= 0.3 is 0 Å². The molecule has 0 spiro atoms. The zero-order valence-corrected chi connectivity index (χ0v) is 16.8. The summed E-state index contributed by atoms with van der Waals surface area (Å²) in [5.41, 5.74) is 3.92. The monoisotopic (exact) mass is 395 g/mol. The number of fused-ring (bicyclic) bond motifs is 1. The molecule has 2 aromatic carbocycles.